The van der Waals surface area contributed by atoms with Crippen LogP contribution in [0.3, 0.4) is 0 Å². The van der Waals surface area contributed by atoms with Crippen LogP contribution >= 0.6 is 0 Å². The Bertz CT molecular complexity index is 419. The first-order valence-electron chi connectivity index (χ1n) is 6.57. The fraction of sp³-hybridized carbons (Fsp3) is 0.917. The lowest BCUT2D eigenvalue weighted by Crippen LogP contribution is -2.44. The van der Waals surface area contributed by atoms with Crippen LogP contribution in [0.5, 0.6) is 0 Å². The van der Waals surface area contributed by atoms with E-state index in [1.807, 2.05) is 7.05 Å². The molecule has 1 aliphatic heterocycles. The first kappa shape index (κ1) is 16.4. The zero-order chi connectivity index (χ0) is 14.7. The quantitative estimate of drug-likeness (QED) is 0.644. The molecule has 1 rings (SSSR count). The van der Waals surface area contributed by atoms with E-state index in [-0.39, 0.29) is 17.5 Å². The highest BCUT2D eigenvalue weighted by atomic mass is 32.2. The summed E-state index contributed by atoms with van der Waals surface area (Å²) >= 11 is 0. The molecule has 2 unspecified atom stereocenters. The molecule has 2 atom stereocenters. The van der Waals surface area contributed by atoms with Gasteiger partial charge < -0.3 is 15.7 Å². The van der Waals surface area contributed by atoms with Crippen LogP contribution in [0.2, 0.25) is 0 Å². The standard InChI is InChI=1S/C12H24N2O4S/c1-12(13,11(15)16)6-3-4-7-14(2)10-5-8-19(17,18)9-10/h10H,3-9,13H2,1-2H3,(H,15,16). The van der Waals surface area contributed by atoms with E-state index >= 15 is 0 Å². The minimum absolute atomic E-state index is 0.105. The SMILES string of the molecule is CN(CCCCC(C)(N)C(=O)O)C1CCS(=O)(=O)C1. The molecule has 0 aromatic rings. The van der Waals surface area contributed by atoms with Crippen LogP contribution in [0, 0.1) is 0 Å². The van der Waals surface area contributed by atoms with Gasteiger partial charge in [0.1, 0.15) is 5.54 Å². The van der Waals surface area contributed by atoms with Crippen molar-refractivity contribution in [3.63, 3.8) is 0 Å². The van der Waals surface area contributed by atoms with Gasteiger partial charge >= 0.3 is 5.97 Å². The Hall–Kier alpha value is -0.660. The van der Waals surface area contributed by atoms with Crippen molar-refractivity contribution in [2.45, 2.75) is 44.2 Å². The molecule has 7 heteroatoms. The zero-order valence-corrected chi connectivity index (χ0v) is 12.4. The number of carboxylic acid groups (broad SMARTS) is 1. The lowest BCUT2D eigenvalue weighted by atomic mass is 9.96. The second kappa shape index (κ2) is 6.19. The second-order valence-electron chi connectivity index (χ2n) is 5.72. The summed E-state index contributed by atoms with van der Waals surface area (Å²) in [5.74, 6) is -0.461. The third-order valence-corrected chi connectivity index (χ3v) is 5.53. The molecule has 0 amide bonds. The Labute approximate surface area is 114 Å². The Kier molecular flexibility index (Phi) is 5.34. The van der Waals surface area contributed by atoms with Gasteiger partial charge in [-0.2, -0.15) is 0 Å². The van der Waals surface area contributed by atoms with Crippen molar-refractivity contribution < 1.29 is 18.3 Å². The molecule has 19 heavy (non-hydrogen) atoms. The number of rotatable bonds is 7. The Balaban J connectivity index is 2.25. The first-order valence-corrected chi connectivity index (χ1v) is 8.39. The predicted octanol–water partition coefficient (Wildman–Crippen LogP) is 0.0776. The molecule has 0 aromatic heterocycles. The van der Waals surface area contributed by atoms with Crippen LogP contribution in [0.4, 0.5) is 0 Å². The van der Waals surface area contributed by atoms with E-state index < -0.39 is 21.3 Å². The van der Waals surface area contributed by atoms with Crippen LogP contribution in [-0.4, -0.2) is 61.1 Å². The molecule has 1 aliphatic rings. The van der Waals surface area contributed by atoms with E-state index in [0.717, 1.165) is 19.4 Å². The predicted molar refractivity (Wildman–Crippen MR) is 73.8 cm³/mol. The average Bonchev–Trinajstić information content (AvgIpc) is 2.64. The van der Waals surface area contributed by atoms with Gasteiger partial charge in [0.2, 0.25) is 0 Å². The van der Waals surface area contributed by atoms with Gasteiger partial charge in [-0.05, 0) is 46.2 Å². The Morgan fingerprint density at radius 2 is 2.11 bits per heavy atom. The second-order valence-corrected chi connectivity index (χ2v) is 7.95. The van der Waals surface area contributed by atoms with Crippen LogP contribution in [-0.2, 0) is 14.6 Å². The summed E-state index contributed by atoms with van der Waals surface area (Å²) in [6.07, 6.45) is 2.68. The summed E-state index contributed by atoms with van der Waals surface area (Å²) in [7, 11) is -0.924. The van der Waals surface area contributed by atoms with Crippen LogP contribution in [0.25, 0.3) is 0 Å². The van der Waals surface area contributed by atoms with Gasteiger partial charge in [-0.1, -0.05) is 0 Å². The number of unbranched alkanes of at least 4 members (excludes halogenated alkanes) is 1. The fourth-order valence-electron chi connectivity index (χ4n) is 2.27. The number of carboxylic acids is 1. The molecular formula is C12H24N2O4S. The van der Waals surface area contributed by atoms with Crippen molar-refractivity contribution in [1.29, 1.82) is 0 Å². The summed E-state index contributed by atoms with van der Waals surface area (Å²) < 4.78 is 22.7. The lowest BCUT2D eigenvalue weighted by molar-refractivity contribution is -0.142. The molecule has 112 valence electrons. The lowest BCUT2D eigenvalue weighted by Gasteiger charge is -2.24. The van der Waals surface area contributed by atoms with Gasteiger partial charge in [0.25, 0.3) is 0 Å². The van der Waals surface area contributed by atoms with Crippen molar-refractivity contribution in [1.82, 2.24) is 4.90 Å². The molecule has 6 nitrogen and oxygen atoms in total. The fourth-order valence-corrected chi connectivity index (χ4v) is 4.07. The molecule has 0 radical (unpaired) electrons. The molecule has 1 saturated heterocycles. The van der Waals surface area contributed by atoms with Crippen LogP contribution < -0.4 is 5.73 Å². The highest BCUT2D eigenvalue weighted by molar-refractivity contribution is 7.91. The molecule has 0 aromatic carbocycles. The van der Waals surface area contributed by atoms with E-state index in [2.05, 4.69) is 4.90 Å². The van der Waals surface area contributed by atoms with E-state index in [0.29, 0.717) is 12.8 Å². The molecule has 0 bridgehead atoms. The van der Waals surface area contributed by atoms with E-state index in [1.165, 1.54) is 6.92 Å². The number of sulfone groups is 1. The largest absolute Gasteiger partial charge is 0.480 e. The monoisotopic (exact) mass is 292 g/mol. The summed E-state index contributed by atoms with van der Waals surface area (Å²) in [4.78, 5) is 12.9. The minimum atomic E-state index is -2.84. The maximum atomic E-state index is 11.4. The van der Waals surface area contributed by atoms with Gasteiger partial charge in [0, 0.05) is 6.04 Å². The van der Waals surface area contributed by atoms with Gasteiger partial charge in [-0.15, -0.1) is 0 Å². The van der Waals surface area contributed by atoms with Gasteiger partial charge in [0.15, 0.2) is 9.84 Å². The van der Waals surface area contributed by atoms with E-state index in [4.69, 9.17) is 10.8 Å². The van der Waals surface area contributed by atoms with Gasteiger partial charge in [-0.3, -0.25) is 4.79 Å². The molecule has 0 aliphatic carbocycles. The third kappa shape index (κ3) is 5.08. The number of carbonyl (C=O) groups is 1. The van der Waals surface area contributed by atoms with Gasteiger partial charge in [0.05, 0.1) is 11.5 Å². The summed E-state index contributed by atoms with van der Waals surface area (Å²) in [6, 6.07) is 0.105. The summed E-state index contributed by atoms with van der Waals surface area (Å²) in [5.41, 5.74) is 4.47. The van der Waals surface area contributed by atoms with E-state index in [9.17, 15) is 13.2 Å². The number of hydrogen-bond donors (Lipinski definition) is 2. The van der Waals surface area contributed by atoms with Crippen LogP contribution in [0.1, 0.15) is 32.6 Å². The first-order chi connectivity index (χ1) is 8.64. The molecular weight excluding hydrogens is 268 g/mol. The molecule has 1 fully saturated rings. The minimum Gasteiger partial charge on any atom is -0.480 e. The summed E-state index contributed by atoms with van der Waals surface area (Å²) in [5, 5.41) is 8.88. The van der Waals surface area contributed by atoms with Crippen molar-refractivity contribution in [2.75, 3.05) is 25.1 Å². The third-order valence-electron chi connectivity index (χ3n) is 3.78. The molecule has 0 spiro atoms. The number of nitrogens with two attached hydrogens (primary N) is 1. The van der Waals surface area contributed by atoms with Crippen molar-refractivity contribution in [3.8, 4) is 0 Å². The highest BCUT2D eigenvalue weighted by Gasteiger charge is 2.30. The number of aliphatic carboxylic acids is 1. The maximum absolute atomic E-state index is 11.4. The molecule has 1 heterocycles. The molecule has 3 N–H and O–H groups in total. The number of nitrogens with zero attached hydrogens (tertiary/aromatic N) is 1. The summed E-state index contributed by atoms with van der Waals surface area (Å²) in [6.45, 7) is 2.29. The number of hydrogen-bond acceptors (Lipinski definition) is 5. The highest BCUT2D eigenvalue weighted by Crippen LogP contribution is 2.17. The average molecular weight is 292 g/mol. The normalized spacial score (nSPS) is 25.4. The van der Waals surface area contributed by atoms with Crippen LogP contribution in [0.15, 0.2) is 0 Å². The Morgan fingerprint density at radius 3 is 2.58 bits per heavy atom. The maximum Gasteiger partial charge on any atom is 0.323 e. The van der Waals surface area contributed by atoms with Gasteiger partial charge in [-0.25, -0.2) is 8.42 Å². The van der Waals surface area contributed by atoms with Crippen molar-refractivity contribution in [2.24, 2.45) is 5.73 Å². The zero-order valence-electron chi connectivity index (χ0n) is 11.6. The van der Waals surface area contributed by atoms with E-state index in [1.54, 1.807) is 0 Å². The topological polar surface area (TPSA) is 101 Å². The Morgan fingerprint density at radius 1 is 1.47 bits per heavy atom. The smallest absolute Gasteiger partial charge is 0.323 e. The van der Waals surface area contributed by atoms with Crippen molar-refractivity contribution >= 4 is 15.8 Å². The molecule has 0 saturated carbocycles. The van der Waals surface area contributed by atoms with Crippen molar-refractivity contribution in [3.05, 3.63) is 0 Å².